The average molecular weight is 228 g/mol. The van der Waals surface area contributed by atoms with E-state index < -0.39 is 0 Å². The van der Waals surface area contributed by atoms with Crippen LogP contribution >= 0.6 is 0 Å². The first-order valence-electron chi connectivity index (χ1n) is 6.24. The number of rotatable bonds is 3. The second-order valence-electron chi connectivity index (χ2n) is 5.65. The molecule has 2 heterocycles. The van der Waals surface area contributed by atoms with Gasteiger partial charge >= 0.3 is 0 Å². The Morgan fingerprint density at radius 1 is 1.19 bits per heavy atom. The number of nitrogens with zero attached hydrogens (tertiary/aromatic N) is 1. The summed E-state index contributed by atoms with van der Waals surface area (Å²) in [5.74, 6) is 0. The van der Waals surface area contributed by atoms with Crippen molar-refractivity contribution >= 4 is 0 Å². The average Bonchev–Trinajstić information content (AvgIpc) is 2.53. The molecule has 2 aliphatic heterocycles. The van der Waals surface area contributed by atoms with Crippen LogP contribution in [0.1, 0.15) is 27.2 Å². The minimum Gasteiger partial charge on any atom is -0.379 e. The molecule has 1 atom stereocenters. The lowest BCUT2D eigenvalue weighted by atomic mass is 10.1. The molecule has 4 heteroatoms. The van der Waals surface area contributed by atoms with Gasteiger partial charge in [-0.25, -0.2) is 0 Å². The first-order valence-corrected chi connectivity index (χ1v) is 6.24. The number of ether oxygens (including phenoxy) is 2. The maximum atomic E-state index is 6.06. The van der Waals surface area contributed by atoms with Crippen LogP contribution in [-0.4, -0.2) is 55.6 Å². The molecule has 94 valence electrons. The van der Waals surface area contributed by atoms with Crippen molar-refractivity contribution in [2.75, 3.05) is 39.4 Å². The van der Waals surface area contributed by atoms with Gasteiger partial charge in [0.1, 0.15) is 5.72 Å². The molecular weight excluding hydrogens is 204 g/mol. The van der Waals surface area contributed by atoms with Crippen LogP contribution in [0.3, 0.4) is 0 Å². The van der Waals surface area contributed by atoms with Crippen LogP contribution in [0.15, 0.2) is 0 Å². The van der Waals surface area contributed by atoms with Crippen molar-refractivity contribution in [2.45, 2.75) is 38.5 Å². The Morgan fingerprint density at radius 3 is 2.44 bits per heavy atom. The molecule has 0 aromatic rings. The van der Waals surface area contributed by atoms with Crippen LogP contribution in [-0.2, 0) is 9.47 Å². The van der Waals surface area contributed by atoms with Gasteiger partial charge in [-0.1, -0.05) is 0 Å². The first kappa shape index (κ1) is 12.3. The molecule has 0 radical (unpaired) electrons. The molecule has 1 N–H and O–H groups in total. The highest BCUT2D eigenvalue weighted by Gasteiger charge is 2.40. The minimum atomic E-state index is -0.151. The molecule has 2 saturated heterocycles. The van der Waals surface area contributed by atoms with Gasteiger partial charge in [0.05, 0.1) is 18.8 Å². The van der Waals surface area contributed by atoms with Crippen LogP contribution < -0.4 is 5.32 Å². The predicted molar refractivity (Wildman–Crippen MR) is 63.4 cm³/mol. The number of nitrogens with one attached hydrogen (secondary N) is 1. The van der Waals surface area contributed by atoms with E-state index in [0.717, 1.165) is 45.8 Å². The molecule has 1 unspecified atom stereocenters. The summed E-state index contributed by atoms with van der Waals surface area (Å²) in [5.41, 5.74) is -0.179. The molecule has 0 bridgehead atoms. The van der Waals surface area contributed by atoms with E-state index in [1.165, 1.54) is 0 Å². The molecule has 16 heavy (non-hydrogen) atoms. The van der Waals surface area contributed by atoms with Crippen molar-refractivity contribution in [3.05, 3.63) is 0 Å². The lowest BCUT2D eigenvalue weighted by Crippen LogP contribution is -2.44. The van der Waals surface area contributed by atoms with Gasteiger partial charge in [-0.05, 0) is 20.8 Å². The van der Waals surface area contributed by atoms with E-state index in [1.54, 1.807) is 0 Å². The summed E-state index contributed by atoms with van der Waals surface area (Å²) in [5, 5.41) is 3.48. The molecule has 4 nitrogen and oxygen atoms in total. The second kappa shape index (κ2) is 4.61. The Labute approximate surface area is 98.3 Å². The monoisotopic (exact) mass is 228 g/mol. The summed E-state index contributed by atoms with van der Waals surface area (Å²) in [7, 11) is 0. The predicted octanol–water partition coefficient (Wildman–Crippen LogP) is 0.823. The zero-order valence-corrected chi connectivity index (χ0v) is 10.7. The maximum Gasteiger partial charge on any atom is 0.118 e. The quantitative estimate of drug-likeness (QED) is 0.775. The van der Waals surface area contributed by atoms with Crippen LogP contribution in [0.4, 0.5) is 0 Å². The first-order chi connectivity index (χ1) is 7.49. The third-order valence-corrected chi connectivity index (χ3v) is 3.40. The van der Waals surface area contributed by atoms with Crippen LogP contribution in [0, 0.1) is 0 Å². The van der Waals surface area contributed by atoms with Crippen molar-refractivity contribution in [1.82, 2.24) is 10.2 Å². The fraction of sp³-hybridized carbons (Fsp3) is 1.00. The molecule has 2 fully saturated rings. The Kier molecular flexibility index (Phi) is 3.54. The van der Waals surface area contributed by atoms with Gasteiger partial charge in [0.15, 0.2) is 0 Å². The number of hydrogen-bond donors (Lipinski definition) is 1. The third kappa shape index (κ3) is 3.17. The molecule has 0 aliphatic carbocycles. The van der Waals surface area contributed by atoms with Crippen molar-refractivity contribution in [3.63, 3.8) is 0 Å². The fourth-order valence-corrected chi connectivity index (χ4v) is 2.42. The zero-order valence-electron chi connectivity index (χ0n) is 10.7. The lowest BCUT2D eigenvalue weighted by Gasteiger charge is -2.32. The summed E-state index contributed by atoms with van der Waals surface area (Å²) in [6.07, 6.45) is 1.04. The van der Waals surface area contributed by atoms with Gasteiger partial charge in [0, 0.05) is 32.6 Å². The van der Waals surface area contributed by atoms with Crippen LogP contribution in [0.25, 0.3) is 0 Å². The summed E-state index contributed by atoms with van der Waals surface area (Å²) in [4.78, 5) is 2.45. The van der Waals surface area contributed by atoms with E-state index in [0.29, 0.717) is 0 Å². The van der Waals surface area contributed by atoms with Gasteiger partial charge in [0.2, 0.25) is 0 Å². The highest BCUT2D eigenvalue weighted by molar-refractivity contribution is 4.90. The topological polar surface area (TPSA) is 33.7 Å². The van der Waals surface area contributed by atoms with Gasteiger partial charge < -0.3 is 9.47 Å². The summed E-state index contributed by atoms with van der Waals surface area (Å²) in [6, 6.07) is 0. The van der Waals surface area contributed by atoms with E-state index in [4.69, 9.17) is 9.47 Å². The molecular formula is C12H24N2O2. The molecule has 0 saturated carbocycles. The molecule has 0 spiro atoms. The third-order valence-electron chi connectivity index (χ3n) is 3.40. The van der Waals surface area contributed by atoms with Gasteiger partial charge in [-0.2, -0.15) is 0 Å². The lowest BCUT2D eigenvalue weighted by molar-refractivity contribution is -0.0891. The number of hydrogen-bond acceptors (Lipinski definition) is 4. The summed E-state index contributed by atoms with van der Waals surface area (Å²) >= 11 is 0. The molecule has 2 rings (SSSR count). The fourth-order valence-electron chi connectivity index (χ4n) is 2.42. The summed E-state index contributed by atoms with van der Waals surface area (Å²) < 4.78 is 11.4. The van der Waals surface area contributed by atoms with Crippen LogP contribution in [0.2, 0.25) is 0 Å². The van der Waals surface area contributed by atoms with Crippen molar-refractivity contribution in [3.8, 4) is 0 Å². The SMILES string of the molecule is CC1(C)CNC(C)(CCN2CCOCC2)O1. The highest BCUT2D eigenvalue weighted by Crippen LogP contribution is 2.27. The largest absolute Gasteiger partial charge is 0.379 e. The van der Waals surface area contributed by atoms with Crippen molar-refractivity contribution in [2.24, 2.45) is 0 Å². The normalized spacial score (nSPS) is 35.4. The second-order valence-corrected chi connectivity index (χ2v) is 5.65. The number of morpholine rings is 1. The van der Waals surface area contributed by atoms with E-state index in [-0.39, 0.29) is 11.3 Å². The maximum absolute atomic E-state index is 6.06. The van der Waals surface area contributed by atoms with Crippen LogP contribution in [0.5, 0.6) is 0 Å². The van der Waals surface area contributed by atoms with E-state index in [2.05, 4.69) is 31.0 Å². The minimum absolute atomic E-state index is 0.0280. The summed E-state index contributed by atoms with van der Waals surface area (Å²) in [6.45, 7) is 12.3. The van der Waals surface area contributed by atoms with E-state index in [9.17, 15) is 0 Å². The molecule has 2 aliphatic rings. The van der Waals surface area contributed by atoms with Gasteiger partial charge in [-0.15, -0.1) is 0 Å². The van der Waals surface area contributed by atoms with Crippen molar-refractivity contribution < 1.29 is 9.47 Å². The van der Waals surface area contributed by atoms with E-state index >= 15 is 0 Å². The Morgan fingerprint density at radius 2 is 1.88 bits per heavy atom. The highest BCUT2D eigenvalue weighted by atomic mass is 16.5. The van der Waals surface area contributed by atoms with Gasteiger partial charge in [-0.3, -0.25) is 10.2 Å². The Hall–Kier alpha value is -0.160. The smallest absolute Gasteiger partial charge is 0.118 e. The Bertz CT molecular complexity index is 239. The molecule has 0 aromatic heterocycles. The van der Waals surface area contributed by atoms with Crippen molar-refractivity contribution in [1.29, 1.82) is 0 Å². The Balaban J connectivity index is 1.76. The van der Waals surface area contributed by atoms with E-state index in [1.807, 2.05) is 0 Å². The zero-order chi connectivity index (χ0) is 11.6. The van der Waals surface area contributed by atoms with Gasteiger partial charge in [0.25, 0.3) is 0 Å². The molecule has 0 aromatic carbocycles. The standard InChI is InChI=1S/C12H24N2O2/c1-11(2)10-13-12(3,16-11)4-5-14-6-8-15-9-7-14/h13H,4-10H2,1-3H3. The molecule has 0 amide bonds.